The van der Waals surface area contributed by atoms with E-state index >= 15 is 0 Å². The summed E-state index contributed by atoms with van der Waals surface area (Å²) in [6.07, 6.45) is 0. The molecule has 4 nitrogen and oxygen atoms in total. The van der Waals surface area contributed by atoms with Gasteiger partial charge in [0.05, 0.1) is 5.75 Å². The van der Waals surface area contributed by atoms with E-state index in [2.05, 4.69) is 4.72 Å². The molecule has 5 heteroatoms. The predicted octanol–water partition coefficient (Wildman–Crippen LogP) is 1.47. The van der Waals surface area contributed by atoms with Gasteiger partial charge in [0.1, 0.15) is 0 Å². The molecule has 3 N–H and O–H groups in total. The molecule has 0 amide bonds. The fraction of sp³-hybridized carbons (Fsp3) is 0.400. The molecule has 0 aliphatic carbocycles. The number of sulfonamides is 1. The molecule has 0 aliphatic heterocycles. The van der Waals surface area contributed by atoms with Gasteiger partial charge >= 0.3 is 0 Å². The maximum atomic E-state index is 11.3. The van der Waals surface area contributed by atoms with Gasteiger partial charge in [0.25, 0.3) is 0 Å². The van der Waals surface area contributed by atoms with Crippen molar-refractivity contribution in [3.63, 3.8) is 0 Å². The molecular weight excluding hydrogens is 212 g/mol. The number of nitrogens with two attached hydrogens (primary N) is 1. The van der Waals surface area contributed by atoms with Crippen molar-refractivity contribution in [1.82, 2.24) is 0 Å². The van der Waals surface area contributed by atoms with E-state index in [-0.39, 0.29) is 11.8 Å². The van der Waals surface area contributed by atoms with Gasteiger partial charge in [0.15, 0.2) is 0 Å². The minimum atomic E-state index is -3.21. The summed E-state index contributed by atoms with van der Waals surface area (Å²) in [5.74, 6) is 0.0649. The third-order valence-corrected chi connectivity index (χ3v) is 3.37. The Morgan fingerprint density at radius 1 is 1.47 bits per heavy atom. The fourth-order valence-corrected chi connectivity index (χ4v) is 1.77. The lowest BCUT2D eigenvalue weighted by atomic mass is 10.1. The van der Waals surface area contributed by atoms with Crippen LogP contribution >= 0.6 is 0 Å². The number of hydrogen-bond donors (Lipinski definition) is 2. The summed E-state index contributed by atoms with van der Waals surface area (Å²) in [7, 11) is -3.21. The molecule has 0 aromatic heterocycles. The largest absolute Gasteiger partial charge is 0.324 e. The molecule has 84 valence electrons. The third-order valence-electron chi connectivity index (χ3n) is 2.07. The van der Waals surface area contributed by atoms with Gasteiger partial charge in [0, 0.05) is 11.7 Å². The van der Waals surface area contributed by atoms with Crippen molar-refractivity contribution in [3.05, 3.63) is 29.8 Å². The van der Waals surface area contributed by atoms with Gasteiger partial charge in [-0.05, 0) is 31.5 Å². The lowest BCUT2D eigenvalue weighted by molar-refractivity contribution is 0.602. The zero-order valence-corrected chi connectivity index (χ0v) is 9.71. The Balaban J connectivity index is 2.92. The molecule has 0 heterocycles. The van der Waals surface area contributed by atoms with Crippen molar-refractivity contribution in [1.29, 1.82) is 0 Å². The predicted molar refractivity (Wildman–Crippen MR) is 62.1 cm³/mol. The van der Waals surface area contributed by atoms with Gasteiger partial charge in [0.2, 0.25) is 10.0 Å². The van der Waals surface area contributed by atoms with Gasteiger partial charge < -0.3 is 5.73 Å². The fourth-order valence-electron chi connectivity index (χ4n) is 1.14. The number of rotatable bonds is 4. The summed E-state index contributed by atoms with van der Waals surface area (Å²) in [5, 5.41) is 0. The number of benzene rings is 1. The molecule has 0 saturated carbocycles. The van der Waals surface area contributed by atoms with Crippen LogP contribution in [0.25, 0.3) is 0 Å². The Hall–Kier alpha value is -1.07. The summed E-state index contributed by atoms with van der Waals surface area (Å²) in [5.41, 5.74) is 7.17. The molecule has 0 aliphatic rings. The maximum absolute atomic E-state index is 11.3. The second-order valence-corrected chi connectivity index (χ2v) is 5.43. The average molecular weight is 228 g/mol. The van der Waals surface area contributed by atoms with Crippen LogP contribution in [0.1, 0.15) is 25.5 Å². The maximum Gasteiger partial charge on any atom is 0.232 e. The van der Waals surface area contributed by atoms with Crippen LogP contribution in [0.2, 0.25) is 0 Å². The molecule has 0 saturated heterocycles. The van der Waals surface area contributed by atoms with E-state index in [4.69, 9.17) is 5.73 Å². The van der Waals surface area contributed by atoms with Gasteiger partial charge in [-0.25, -0.2) is 8.42 Å². The zero-order chi connectivity index (χ0) is 11.5. The molecular formula is C10H16N2O2S. The zero-order valence-electron chi connectivity index (χ0n) is 8.90. The molecule has 0 spiro atoms. The molecule has 15 heavy (non-hydrogen) atoms. The Morgan fingerprint density at radius 3 is 2.67 bits per heavy atom. The Labute approximate surface area is 90.5 Å². The molecule has 1 unspecified atom stereocenters. The van der Waals surface area contributed by atoms with Crippen LogP contribution < -0.4 is 10.5 Å². The second kappa shape index (κ2) is 4.63. The Bertz CT molecular complexity index is 427. The highest BCUT2D eigenvalue weighted by Crippen LogP contribution is 2.16. The van der Waals surface area contributed by atoms with E-state index < -0.39 is 10.0 Å². The molecule has 0 fully saturated rings. The van der Waals surface area contributed by atoms with Crippen LogP contribution in [0, 0.1) is 0 Å². The lowest BCUT2D eigenvalue weighted by Gasteiger charge is -2.09. The SMILES string of the molecule is CCS(=O)(=O)Nc1cccc(C(C)N)c1. The van der Waals surface area contributed by atoms with E-state index in [1.807, 2.05) is 13.0 Å². The van der Waals surface area contributed by atoms with Crippen LogP contribution in [0.5, 0.6) is 0 Å². The van der Waals surface area contributed by atoms with E-state index in [0.29, 0.717) is 5.69 Å². The minimum absolute atomic E-state index is 0.0649. The average Bonchev–Trinajstić information content (AvgIpc) is 2.17. The second-order valence-electron chi connectivity index (χ2n) is 3.42. The van der Waals surface area contributed by atoms with Gasteiger partial charge in [-0.3, -0.25) is 4.72 Å². The first kappa shape index (κ1) is 12.0. The van der Waals surface area contributed by atoms with Crippen molar-refractivity contribution >= 4 is 15.7 Å². The molecule has 1 aromatic rings. The monoisotopic (exact) mass is 228 g/mol. The summed E-state index contributed by atoms with van der Waals surface area (Å²) >= 11 is 0. The molecule has 1 aromatic carbocycles. The topological polar surface area (TPSA) is 72.2 Å². The summed E-state index contributed by atoms with van der Waals surface area (Å²) in [4.78, 5) is 0. The van der Waals surface area contributed by atoms with Crippen molar-refractivity contribution < 1.29 is 8.42 Å². The first-order valence-electron chi connectivity index (χ1n) is 4.80. The molecule has 0 radical (unpaired) electrons. The van der Waals surface area contributed by atoms with E-state index in [1.54, 1.807) is 25.1 Å². The Kier molecular flexibility index (Phi) is 3.71. The molecule has 0 bridgehead atoms. The van der Waals surface area contributed by atoms with Gasteiger partial charge in [-0.2, -0.15) is 0 Å². The van der Waals surface area contributed by atoms with Gasteiger partial charge in [-0.1, -0.05) is 12.1 Å². The summed E-state index contributed by atoms with van der Waals surface area (Å²) in [6.45, 7) is 3.45. The van der Waals surface area contributed by atoms with Crippen molar-refractivity contribution in [2.45, 2.75) is 19.9 Å². The molecule has 1 atom stereocenters. The Morgan fingerprint density at radius 2 is 2.13 bits per heavy atom. The summed E-state index contributed by atoms with van der Waals surface area (Å²) < 4.78 is 25.1. The van der Waals surface area contributed by atoms with E-state index in [1.165, 1.54) is 0 Å². The highest BCUT2D eigenvalue weighted by molar-refractivity contribution is 7.92. The highest BCUT2D eigenvalue weighted by atomic mass is 32.2. The van der Waals surface area contributed by atoms with Crippen molar-refractivity contribution in [2.75, 3.05) is 10.5 Å². The van der Waals surface area contributed by atoms with E-state index in [9.17, 15) is 8.42 Å². The highest BCUT2D eigenvalue weighted by Gasteiger charge is 2.07. The molecule has 1 rings (SSSR count). The number of nitrogens with one attached hydrogen (secondary N) is 1. The van der Waals surface area contributed by atoms with Crippen LogP contribution in [0.3, 0.4) is 0 Å². The standard InChI is InChI=1S/C10H16N2O2S/c1-3-15(13,14)12-10-6-4-5-9(7-10)8(2)11/h4-8,12H,3,11H2,1-2H3. The smallest absolute Gasteiger partial charge is 0.232 e. The number of anilines is 1. The van der Waals surface area contributed by atoms with Crippen LogP contribution in [-0.4, -0.2) is 14.2 Å². The first-order chi connectivity index (χ1) is 6.94. The quantitative estimate of drug-likeness (QED) is 0.819. The van der Waals surface area contributed by atoms with Crippen molar-refractivity contribution in [3.8, 4) is 0 Å². The van der Waals surface area contributed by atoms with Crippen LogP contribution in [-0.2, 0) is 10.0 Å². The number of hydrogen-bond acceptors (Lipinski definition) is 3. The third kappa shape index (κ3) is 3.53. The lowest BCUT2D eigenvalue weighted by Crippen LogP contribution is -2.15. The first-order valence-corrected chi connectivity index (χ1v) is 6.46. The normalized spacial score (nSPS) is 13.5. The van der Waals surface area contributed by atoms with E-state index in [0.717, 1.165) is 5.56 Å². The van der Waals surface area contributed by atoms with Crippen LogP contribution in [0.4, 0.5) is 5.69 Å². The van der Waals surface area contributed by atoms with Crippen LogP contribution in [0.15, 0.2) is 24.3 Å². The minimum Gasteiger partial charge on any atom is -0.324 e. The van der Waals surface area contributed by atoms with Gasteiger partial charge in [-0.15, -0.1) is 0 Å². The summed E-state index contributed by atoms with van der Waals surface area (Å²) in [6, 6.07) is 7.01. The van der Waals surface area contributed by atoms with Crippen molar-refractivity contribution in [2.24, 2.45) is 5.73 Å².